The molecule has 0 bridgehead atoms. The van der Waals surface area contributed by atoms with E-state index in [1.165, 1.54) is 24.0 Å². The van der Waals surface area contributed by atoms with Crippen molar-refractivity contribution < 1.29 is 4.74 Å². The van der Waals surface area contributed by atoms with Gasteiger partial charge in [-0.25, -0.2) is 0 Å². The molecule has 1 N–H and O–H groups in total. The topological polar surface area (TPSA) is 21.3 Å². The molecule has 0 amide bonds. The Balaban J connectivity index is 1.38. The molecule has 2 aromatic carbocycles. The van der Waals surface area contributed by atoms with E-state index >= 15 is 0 Å². The van der Waals surface area contributed by atoms with Crippen molar-refractivity contribution >= 4 is 0 Å². The van der Waals surface area contributed by atoms with Crippen LogP contribution in [0, 0.1) is 0 Å². The highest BCUT2D eigenvalue weighted by Gasteiger charge is 2.23. The first-order chi connectivity index (χ1) is 9.92. The Labute approximate surface area is 120 Å². The minimum Gasteiger partial charge on any atom is -0.492 e. The molecule has 2 aromatic rings. The van der Waals surface area contributed by atoms with Gasteiger partial charge in [-0.1, -0.05) is 42.5 Å². The van der Waals surface area contributed by atoms with Crippen LogP contribution >= 0.6 is 0 Å². The second-order valence-electron chi connectivity index (χ2n) is 5.36. The van der Waals surface area contributed by atoms with Gasteiger partial charge in [0.05, 0.1) is 0 Å². The van der Waals surface area contributed by atoms with Crippen LogP contribution in [-0.4, -0.2) is 13.2 Å². The molecule has 0 atom stereocenters. The van der Waals surface area contributed by atoms with E-state index in [4.69, 9.17) is 4.74 Å². The number of rotatable bonds is 7. The molecule has 3 rings (SSSR count). The molecule has 0 saturated heterocycles. The Kier molecular flexibility index (Phi) is 4.34. The molecule has 0 heterocycles. The molecule has 0 radical (unpaired) electrons. The SMILES string of the molecule is c1ccc(OCCNCc2cccc(C3CC3)c2)cc1. The molecule has 0 aliphatic heterocycles. The van der Waals surface area contributed by atoms with E-state index in [1.807, 2.05) is 30.3 Å². The van der Waals surface area contributed by atoms with Gasteiger partial charge in [0.15, 0.2) is 0 Å². The first-order valence-corrected chi connectivity index (χ1v) is 7.39. The highest BCUT2D eigenvalue weighted by Crippen LogP contribution is 2.40. The maximum Gasteiger partial charge on any atom is 0.119 e. The normalized spacial score (nSPS) is 14.2. The maximum absolute atomic E-state index is 5.65. The highest BCUT2D eigenvalue weighted by molar-refractivity contribution is 5.29. The smallest absolute Gasteiger partial charge is 0.119 e. The fourth-order valence-electron chi connectivity index (χ4n) is 2.36. The lowest BCUT2D eigenvalue weighted by Gasteiger charge is -2.08. The summed E-state index contributed by atoms with van der Waals surface area (Å²) in [6.07, 6.45) is 2.73. The Bertz CT molecular complexity index is 534. The van der Waals surface area contributed by atoms with E-state index in [0.717, 1.165) is 24.8 Å². The number of para-hydroxylation sites is 1. The van der Waals surface area contributed by atoms with Gasteiger partial charge < -0.3 is 10.1 Å². The Morgan fingerprint density at radius 1 is 1.00 bits per heavy atom. The summed E-state index contributed by atoms with van der Waals surface area (Å²) >= 11 is 0. The molecule has 2 nitrogen and oxygen atoms in total. The minimum absolute atomic E-state index is 0.701. The van der Waals surface area contributed by atoms with Crippen LogP contribution in [0.15, 0.2) is 54.6 Å². The molecule has 1 fully saturated rings. The van der Waals surface area contributed by atoms with Crippen LogP contribution in [0.25, 0.3) is 0 Å². The van der Waals surface area contributed by atoms with Gasteiger partial charge in [-0.3, -0.25) is 0 Å². The van der Waals surface area contributed by atoms with Gasteiger partial charge >= 0.3 is 0 Å². The fourth-order valence-corrected chi connectivity index (χ4v) is 2.36. The summed E-state index contributed by atoms with van der Waals surface area (Å²) in [4.78, 5) is 0. The van der Waals surface area contributed by atoms with Gasteiger partial charge in [0.2, 0.25) is 0 Å². The molecular formula is C18H21NO. The molecule has 0 spiro atoms. The van der Waals surface area contributed by atoms with E-state index < -0.39 is 0 Å². The molecule has 20 heavy (non-hydrogen) atoms. The van der Waals surface area contributed by atoms with Gasteiger partial charge in [-0.2, -0.15) is 0 Å². The number of nitrogens with one attached hydrogen (secondary N) is 1. The zero-order chi connectivity index (χ0) is 13.6. The van der Waals surface area contributed by atoms with Crippen LogP contribution in [0.4, 0.5) is 0 Å². The third-order valence-electron chi connectivity index (χ3n) is 3.62. The van der Waals surface area contributed by atoms with E-state index in [2.05, 4.69) is 29.6 Å². The summed E-state index contributed by atoms with van der Waals surface area (Å²) in [6.45, 7) is 2.48. The summed E-state index contributed by atoms with van der Waals surface area (Å²) in [5.41, 5.74) is 2.87. The Morgan fingerprint density at radius 2 is 1.85 bits per heavy atom. The first-order valence-electron chi connectivity index (χ1n) is 7.39. The van der Waals surface area contributed by atoms with E-state index in [0.29, 0.717) is 6.61 Å². The van der Waals surface area contributed by atoms with Gasteiger partial charge in [0, 0.05) is 13.1 Å². The van der Waals surface area contributed by atoms with Crippen molar-refractivity contribution in [3.05, 3.63) is 65.7 Å². The summed E-state index contributed by atoms with van der Waals surface area (Å²) in [7, 11) is 0. The fraction of sp³-hybridized carbons (Fsp3) is 0.333. The van der Waals surface area contributed by atoms with Crippen LogP contribution in [0.2, 0.25) is 0 Å². The average Bonchev–Trinajstić information content (AvgIpc) is 3.33. The lowest BCUT2D eigenvalue weighted by Crippen LogP contribution is -2.20. The van der Waals surface area contributed by atoms with Gasteiger partial charge in [0.25, 0.3) is 0 Å². The van der Waals surface area contributed by atoms with E-state index in [9.17, 15) is 0 Å². The van der Waals surface area contributed by atoms with Crippen molar-refractivity contribution in [3.63, 3.8) is 0 Å². The third kappa shape index (κ3) is 3.84. The van der Waals surface area contributed by atoms with Crippen molar-refractivity contribution in [1.29, 1.82) is 0 Å². The molecular weight excluding hydrogens is 246 g/mol. The van der Waals surface area contributed by atoms with Crippen LogP contribution in [0.1, 0.15) is 29.9 Å². The number of hydrogen-bond acceptors (Lipinski definition) is 2. The third-order valence-corrected chi connectivity index (χ3v) is 3.62. The molecule has 104 valence electrons. The van der Waals surface area contributed by atoms with Crippen molar-refractivity contribution in [1.82, 2.24) is 5.32 Å². The quantitative estimate of drug-likeness (QED) is 0.772. The summed E-state index contributed by atoms with van der Waals surface area (Å²) in [5.74, 6) is 1.77. The Morgan fingerprint density at radius 3 is 2.65 bits per heavy atom. The van der Waals surface area contributed by atoms with Crippen molar-refractivity contribution in [2.75, 3.05) is 13.2 Å². The largest absolute Gasteiger partial charge is 0.492 e. The predicted octanol–water partition coefficient (Wildman–Crippen LogP) is 3.73. The second-order valence-corrected chi connectivity index (χ2v) is 5.36. The standard InChI is InChI=1S/C18H21NO/c1-2-7-18(8-3-1)20-12-11-19-14-15-5-4-6-17(13-15)16-9-10-16/h1-8,13,16,19H,9-12,14H2. The first kappa shape index (κ1) is 13.2. The zero-order valence-corrected chi connectivity index (χ0v) is 11.7. The highest BCUT2D eigenvalue weighted by atomic mass is 16.5. The number of ether oxygens (including phenoxy) is 1. The minimum atomic E-state index is 0.701. The molecule has 2 heteroatoms. The predicted molar refractivity (Wildman–Crippen MR) is 82.1 cm³/mol. The van der Waals surface area contributed by atoms with E-state index in [-0.39, 0.29) is 0 Å². The van der Waals surface area contributed by atoms with Gasteiger partial charge in [-0.05, 0) is 42.0 Å². The van der Waals surface area contributed by atoms with Gasteiger partial charge in [0.1, 0.15) is 12.4 Å². The van der Waals surface area contributed by atoms with Crippen LogP contribution in [-0.2, 0) is 6.54 Å². The number of benzene rings is 2. The van der Waals surface area contributed by atoms with Crippen LogP contribution in [0.5, 0.6) is 5.75 Å². The van der Waals surface area contributed by atoms with Crippen LogP contribution < -0.4 is 10.1 Å². The molecule has 1 saturated carbocycles. The number of hydrogen-bond donors (Lipinski definition) is 1. The van der Waals surface area contributed by atoms with Crippen LogP contribution in [0.3, 0.4) is 0 Å². The van der Waals surface area contributed by atoms with Crippen molar-refractivity contribution in [2.24, 2.45) is 0 Å². The second kappa shape index (κ2) is 6.58. The summed E-state index contributed by atoms with van der Waals surface area (Å²) in [6, 6.07) is 18.9. The van der Waals surface area contributed by atoms with Crippen molar-refractivity contribution in [3.8, 4) is 5.75 Å². The molecule has 1 aliphatic rings. The lowest BCUT2D eigenvalue weighted by atomic mass is 10.1. The Hall–Kier alpha value is -1.80. The monoisotopic (exact) mass is 267 g/mol. The summed E-state index contributed by atoms with van der Waals surface area (Å²) < 4.78 is 5.65. The molecule has 1 aliphatic carbocycles. The van der Waals surface area contributed by atoms with E-state index in [1.54, 1.807) is 0 Å². The zero-order valence-electron chi connectivity index (χ0n) is 11.7. The summed E-state index contributed by atoms with van der Waals surface area (Å²) in [5, 5.41) is 3.43. The average molecular weight is 267 g/mol. The lowest BCUT2D eigenvalue weighted by molar-refractivity contribution is 0.313. The maximum atomic E-state index is 5.65. The van der Waals surface area contributed by atoms with Gasteiger partial charge in [-0.15, -0.1) is 0 Å². The van der Waals surface area contributed by atoms with Crippen molar-refractivity contribution in [2.45, 2.75) is 25.3 Å². The molecule has 0 unspecified atom stereocenters. The molecule has 0 aromatic heterocycles.